The Kier molecular flexibility index (Phi) is 3.81. The summed E-state index contributed by atoms with van der Waals surface area (Å²) in [5, 5.41) is 0. The molecule has 6 rings (SSSR count). The second kappa shape index (κ2) is 5.83. The van der Waals surface area contributed by atoms with E-state index in [2.05, 4.69) is 0 Å². The van der Waals surface area contributed by atoms with Crippen LogP contribution in [0.5, 0.6) is 0 Å². The first kappa shape index (κ1) is 16.3. The van der Waals surface area contributed by atoms with Gasteiger partial charge < -0.3 is 4.74 Å². The predicted octanol–water partition coefficient (Wildman–Crippen LogP) is 4.17. The van der Waals surface area contributed by atoms with Crippen LogP contribution in [0.4, 0.5) is 0 Å². The van der Waals surface area contributed by atoms with Gasteiger partial charge in [0.05, 0.1) is 0 Å². The maximum absolute atomic E-state index is 11.5. The SMILES string of the molecule is COC1(C2C3CC4CC(C3)CC2C4)OOC1(O[PH+]=O)c1ccccc1. The third-order valence-electron chi connectivity index (χ3n) is 7.05. The summed E-state index contributed by atoms with van der Waals surface area (Å²) in [4.78, 5) is 11.3. The summed E-state index contributed by atoms with van der Waals surface area (Å²) < 4.78 is 23.2. The first-order chi connectivity index (χ1) is 12.2. The van der Waals surface area contributed by atoms with E-state index in [9.17, 15) is 4.57 Å². The fourth-order valence-corrected chi connectivity index (χ4v) is 6.85. The molecule has 4 bridgehead atoms. The Morgan fingerprint density at radius 1 is 1.00 bits per heavy atom. The normalized spacial score (nSPS) is 47.8. The second-order valence-electron chi connectivity index (χ2n) is 8.16. The maximum Gasteiger partial charge on any atom is 0.497 e. The molecule has 1 aromatic rings. The highest BCUT2D eigenvalue weighted by Gasteiger charge is 2.77. The molecule has 0 radical (unpaired) electrons. The van der Waals surface area contributed by atoms with E-state index >= 15 is 0 Å². The molecule has 3 unspecified atom stereocenters. The van der Waals surface area contributed by atoms with Gasteiger partial charge in [0.2, 0.25) is 0 Å². The lowest BCUT2D eigenvalue weighted by Gasteiger charge is -2.63. The largest absolute Gasteiger partial charge is 0.497 e. The summed E-state index contributed by atoms with van der Waals surface area (Å²) in [5.41, 5.74) is 0.792. The number of rotatable bonds is 5. The van der Waals surface area contributed by atoms with E-state index in [0.29, 0.717) is 11.8 Å². The van der Waals surface area contributed by atoms with Gasteiger partial charge in [-0.05, 0) is 60.3 Å². The summed E-state index contributed by atoms with van der Waals surface area (Å²) in [7, 11) is 0.704. The molecule has 1 aliphatic heterocycles. The lowest BCUT2D eigenvalue weighted by atomic mass is 9.49. The summed E-state index contributed by atoms with van der Waals surface area (Å²) in [6.45, 7) is 0. The highest BCUT2D eigenvalue weighted by molar-refractivity contribution is 7.17. The van der Waals surface area contributed by atoms with Crippen LogP contribution in [0.15, 0.2) is 30.3 Å². The van der Waals surface area contributed by atoms with E-state index in [1.54, 1.807) is 7.11 Å². The van der Waals surface area contributed by atoms with Crippen molar-refractivity contribution in [1.29, 1.82) is 0 Å². The van der Waals surface area contributed by atoms with Crippen molar-refractivity contribution >= 4 is 8.69 Å². The first-order valence-electron chi connectivity index (χ1n) is 9.25. The highest BCUT2D eigenvalue weighted by Crippen LogP contribution is 2.66. The van der Waals surface area contributed by atoms with Gasteiger partial charge in [-0.3, -0.25) is 0 Å². The average Bonchev–Trinajstić information content (AvgIpc) is 2.61. The lowest BCUT2D eigenvalue weighted by Crippen LogP contribution is -2.73. The topological polar surface area (TPSA) is 54.0 Å². The number of benzene rings is 1. The van der Waals surface area contributed by atoms with Crippen LogP contribution in [0.2, 0.25) is 0 Å². The smallest absolute Gasteiger partial charge is 0.346 e. The maximum atomic E-state index is 11.5. The Hall–Kier alpha value is -0.840. The molecule has 3 atom stereocenters. The van der Waals surface area contributed by atoms with Crippen molar-refractivity contribution in [3.05, 3.63) is 35.9 Å². The standard InChI is InChI=1S/C19H24O5P/c1-21-19(17-14-8-12-7-13(10-14)11-15(17)9-12)18(22-23-19,24-25-20)16-5-3-2-4-6-16/h2-6,12-15,17,25H,7-11H2,1H3/q+1. The number of methoxy groups -OCH3 is 1. The van der Waals surface area contributed by atoms with Gasteiger partial charge in [0.25, 0.3) is 5.79 Å². The van der Waals surface area contributed by atoms with Crippen LogP contribution < -0.4 is 0 Å². The summed E-state index contributed by atoms with van der Waals surface area (Å²) >= 11 is 0. The van der Waals surface area contributed by atoms with Crippen LogP contribution in [-0.2, 0) is 29.4 Å². The molecule has 134 valence electrons. The Morgan fingerprint density at radius 2 is 1.64 bits per heavy atom. The predicted molar refractivity (Wildman–Crippen MR) is 90.7 cm³/mol. The average molecular weight is 363 g/mol. The summed E-state index contributed by atoms with van der Waals surface area (Å²) in [6, 6.07) is 9.63. The molecule has 1 saturated heterocycles. The van der Waals surface area contributed by atoms with Crippen molar-refractivity contribution in [3.8, 4) is 0 Å². The molecule has 6 heteroatoms. The zero-order valence-electron chi connectivity index (χ0n) is 14.4. The fourth-order valence-electron chi connectivity index (χ4n) is 6.44. The zero-order valence-corrected chi connectivity index (χ0v) is 15.4. The molecular weight excluding hydrogens is 339 g/mol. The van der Waals surface area contributed by atoms with E-state index in [-0.39, 0.29) is 5.92 Å². The molecule has 0 aromatic heterocycles. The molecule has 1 heterocycles. The van der Waals surface area contributed by atoms with E-state index in [0.717, 1.165) is 17.4 Å². The van der Waals surface area contributed by atoms with Crippen LogP contribution in [0, 0.1) is 29.6 Å². The molecule has 1 aromatic carbocycles. The minimum absolute atomic E-state index is 0.204. The molecular formula is C19H24O5P+. The first-order valence-corrected chi connectivity index (χ1v) is 10.1. The van der Waals surface area contributed by atoms with Gasteiger partial charge in [-0.15, -0.1) is 0 Å². The van der Waals surface area contributed by atoms with Crippen LogP contribution in [0.25, 0.3) is 0 Å². The summed E-state index contributed by atoms with van der Waals surface area (Å²) in [5.74, 6) is 0.723. The molecule has 0 spiro atoms. The zero-order chi connectivity index (χ0) is 17.1. The molecule has 0 amide bonds. The van der Waals surface area contributed by atoms with Gasteiger partial charge in [-0.2, -0.15) is 9.78 Å². The van der Waals surface area contributed by atoms with Gasteiger partial charge in [0.1, 0.15) is 0 Å². The molecule has 4 saturated carbocycles. The van der Waals surface area contributed by atoms with Crippen LogP contribution in [0.1, 0.15) is 37.7 Å². The highest BCUT2D eigenvalue weighted by atomic mass is 31.1. The molecule has 5 aliphatic rings. The van der Waals surface area contributed by atoms with Crippen molar-refractivity contribution < 1.29 is 23.6 Å². The number of hydrogen-bond donors (Lipinski definition) is 0. The monoisotopic (exact) mass is 363 g/mol. The summed E-state index contributed by atoms with van der Waals surface area (Å²) in [6.07, 6.45) is 6.32. The van der Waals surface area contributed by atoms with Gasteiger partial charge in [-0.25, -0.2) is 0 Å². The number of ether oxygens (including phenoxy) is 1. The van der Waals surface area contributed by atoms with Crippen molar-refractivity contribution in [2.75, 3.05) is 7.11 Å². The molecule has 4 aliphatic carbocycles. The minimum atomic E-state index is -1.26. The quantitative estimate of drug-likeness (QED) is 0.580. The van der Waals surface area contributed by atoms with E-state index in [1.807, 2.05) is 30.3 Å². The third kappa shape index (κ3) is 2.11. The van der Waals surface area contributed by atoms with Crippen molar-refractivity contribution in [1.82, 2.24) is 0 Å². The lowest BCUT2D eigenvalue weighted by molar-refractivity contribution is -0.671. The number of hydrogen-bond acceptors (Lipinski definition) is 5. The fraction of sp³-hybridized carbons (Fsp3) is 0.684. The van der Waals surface area contributed by atoms with Gasteiger partial charge >= 0.3 is 14.5 Å². The molecule has 0 N–H and O–H groups in total. The Balaban J connectivity index is 1.58. The molecule has 5 nitrogen and oxygen atoms in total. The van der Waals surface area contributed by atoms with E-state index < -0.39 is 20.3 Å². The van der Waals surface area contributed by atoms with Crippen molar-refractivity contribution in [2.24, 2.45) is 29.6 Å². The van der Waals surface area contributed by atoms with Crippen LogP contribution in [0.3, 0.4) is 0 Å². The van der Waals surface area contributed by atoms with Crippen LogP contribution in [-0.4, -0.2) is 12.9 Å². The van der Waals surface area contributed by atoms with Crippen molar-refractivity contribution in [3.63, 3.8) is 0 Å². The van der Waals surface area contributed by atoms with Gasteiger partial charge in [0, 0.05) is 18.6 Å². The van der Waals surface area contributed by atoms with E-state index in [1.165, 1.54) is 32.1 Å². The molecule has 5 fully saturated rings. The Bertz CT molecular complexity index is 635. The minimum Gasteiger partial charge on any atom is -0.346 e. The molecule has 25 heavy (non-hydrogen) atoms. The second-order valence-corrected chi connectivity index (χ2v) is 8.53. The third-order valence-corrected chi connectivity index (χ3v) is 7.42. The Morgan fingerprint density at radius 3 is 2.12 bits per heavy atom. The van der Waals surface area contributed by atoms with Gasteiger partial charge in [0.15, 0.2) is 0 Å². The van der Waals surface area contributed by atoms with Crippen LogP contribution >= 0.6 is 8.69 Å². The van der Waals surface area contributed by atoms with Gasteiger partial charge in [-0.1, -0.05) is 34.9 Å². The Labute approximate surface area is 149 Å². The van der Waals surface area contributed by atoms with E-state index in [4.69, 9.17) is 19.0 Å². The van der Waals surface area contributed by atoms with Crippen molar-refractivity contribution in [2.45, 2.75) is 43.7 Å².